The molecule has 1 fully saturated rings. The van der Waals surface area contributed by atoms with Crippen LogP contribution in [-0.4, -0.2) is 56.2 Å². The summed E-state index contributed by atoms with van der Waals surface area (Å²) in [4.78, 5) is 4.72. The summed E-state index contributed by atoms with van der Waals surface area (Å²) < 4.78 is 5.83. The largest absolute Gasteiger partial charge is 0.376 e. The molecular weight excluding hydrogens is 224 g/mol. The molecule has 0 aliphatic carbocycles. The van der Waals surface area contributed by atoms with Crippen molar-refractivity contribution in [2.45, 2.75) is 19.1 Å². The summed E-state index contributed by atoms with van der Waals surface area (Å²) in [6.45, 7) is 5.12. The minimum Gasteiger partial charge on any atom is -0.376 e. The van der Waals surface area contributed by atoms with Crippen molar-refractivity contribution in [3.8, 4) is 0 Å². The summed E-state index contributed by atoms with van der Waals surface area (Å²) >= 11 is 0. The molecule has 3 heteroatoms. The summed E-state index contributed by atoms with van der Waals surface area (Å²) in [6, 6.07) is 10.7. The van der Waals surface area contributed by atoms with Gasteiger partial charge in [0, 0.05) is 26.2 Å². The van der Waals surface area contributed by atoms with E-state index in [1.807, 2.05) is 0 Å². The van der Waals surface area contributed by atoms with Crippen LogP contribution in [0.15, 0.2) is 30.3 Å². The zero-order chi connectivity index (χ0) is 12.8. The lowest BCUT2D eigenvalue weighted by atomic mass is 10.1. The molecule has 0 amide bonds. The summed E-state index contributed by atoms with van der Waals surface area (Å²) in [5, 5.41) is 0. The third-order valence-corrected chi connectivity index (χ3v) is 3.37. The Labute approximate surface area is 110 Å². The molecule has 100 valence electrons. The average Bonchev–Trinajstić information content (AvgIpc) is 2.38. The maximum Gasteiger partial charge on any atom is 0.0714 e. The molecule has 1 aromatic carbocycles. The van der Waals surface area contributed by atoms with Gasteiger partial charge < -0.3 is 9.64 Å². The fourth-order valence-corrected chi connectivity index (χ4v) is 2.34. The van der Waals surface area contributed by atoms with Crippen LogP contribution in [0.4, 0.5) is 0 Å². The van der Waals surface area contributed by atoms with Crippen LogP contribution < -0.4 is 0 Å². The van der Waals surface area contributed by atoms with E-state index in [1.165, 1.54) is 5.56 Å². The Morgan fingerprint density at radius 3 is 2.78 bits per heavy atom. The zero-order valence-electron chi connectivity index (χ0n) is 11.5. The van der Waals surface area contributed by atoms with Crippen LogP contribution in [0.25, 0.3) is 0 Å². The number of ether oxygens (including phenoxy) is 1. The van der Waals surface area contributed by atoms with E-state index in [2.05, 4.69) is 54.2 Å². The van der Waals surface area contributed by atoms with Crippen LogP contribution in [0.2, 0.25) is 0 Å². The summed E-state index contributed by atoms with van der Waals surface area (Å²) in [5.41, 5.74) is 1.39. The fourth-order valence-electron chi connectivity index (χ4n) is 2.34. The van der Waals surface area contributed by atoms with E-state index in [4.69, 9.17) is 4.74 Å². The molecule has 1 aromatic rings. The Bertz CT molecular complexity index is 340. The topological polar surface area (TPSA) is 15.7 Å². The minimum absolute atomic E-state index is 0.393. The Hall–Kier alpha value is -0.900. The van der Waals surface area contributed by atoms with Gasteiger partial charge >= 0.3 is 0 Å². The second-order valence-corrected chi connectivity index (χ2v) is 5.31. The van der Waals surface area contributed by atoms with Crippen molar-refractivity contribution in [1.82, 2.24) is 9.80 Å². The molecule has 3 nitrogen and oxygen atoms in total. The molecule has 1 aliphatic rings. The first-order valence-electron chi connectivity index (χ1n) is 6.76. The van der Waals surface area contributed by atoms with E-state index in [-0.39, 0.29) is 0 Å². The quantitative estimate of drug-likeness (QED) is 0.791. The first-order chi connectivity index (χ1) is 8.74. The SMILES string of the molecule is CN(C)CC[C@H]1CN(Cc2ccccc2)CCO1. The number of nitrogens with zero attached hydrogens (tertiary/aromatic N) is 2. The second kappa shape index (κ2) is 6.88. The van der Waals surface area contributed by atoms with Gasteiger partial charge in [-0.1, -0.05) is 30.3 Å². The molecule has 1 atom stereocenters. The van der Waals surface area contributed by atoms with Gasteiger partial charge in [-0.3, -0.25) is 4.90 Å². The summed E-state index contributed by atoms with van der Waals surface area (Å²) in [7, 11) is 4.23. The van der Waals surface area contributed by atoms with Crippen molar-refractivity contribution in [2.75, 3.05) is 40.3 Å². The maximum absolute atomic E-state index is 5.83. The second-order valence-electron chi connectivity index (χ2n) is 5.31. The third kappa shape index (κ3) is 4.41. The zero-order valence-corrected chi connectivity index (χ0v) is 11.5. The van der Waals surface area contributed by atoms with Gasteiger partial charge in [0.1, 0.15) is 0 Å². The molecule has 0 saturated carbocycles. The molecule has 0 N–H and O–H groups in total. The highest BCUT2D eigenvalue weighted by molar-refractivity contribution is 5.14. The minimum atomic E-state index is 0.393. The van der Waals surface area contributed by atoms with Crippen molar-refractivity contribution in [3.63, 3.8) is 0 Å². The van der Waals surface area contributed by atoms with Crippen LogP contribution in [-0.2, 0) is 11.3 Å². The van der Waals surface area contributed by atoms with E-state index in [0.29, 0.717) is 6.10 Å². The van der Waals surface area contributed by atoms with Gasteiger partial charge in [0.15, 0.2) is 0 Å². The van der Waals surface area contributed by atoms with E-state index < -0.39 is 0 Å². The van der Waals surface area contributed by atoms with E-state index in [9.17, 15) is 0 Å². The number of hydrogen-bond acceptors (Lipinski definition) is 3. The van der Waals surface area contributed by atoms with Gasteiger partial charge in [-0.25, -0.2) is 0 Å². The smallest absolute Gasteiger partial charge is 0.0714 e. The number of rotatable bonds is 5. The van der Waals surface area contributed by atoms with Crippen molar-refractivity contribution in [3.05, 3.63) is 35.9 Å². The predicted molar refractivity (Wildman–Crippen MR) is 74.6 cm³/mol. The van der Waals surface area contributed by atoms with Crippen LogP contribution >= 0.6 is 0 Å². The maximum atomic E-state index is 5.83. The van der Waals surface area contributed by atoms with E-state index >= 15 is 0 Å². The highest BCUT2D eigenvalue weighted by Gasteiger charge is 2.20. The molecule has 0 spiro atoms. The monoisotopic (exact) mass is 248 g/mol. The Kier molecular flexibility index (Phi) is 5.17. The molecule has 1 aliphatic heterocycles. The van der Waals surface area contributed by atoms with Crippen molar-refractivity contribution >= 4 is 0 Å². The molecule has 0 radical (unpaired) electrons. The van der Waals surface area contributed by atoms with Gasteiger partial charge in [0.2, 0.25) is 0 Å². The molecule has 0 aromatic heterocycles. The molecular formula is C15H24N2O. The molecule has 1 heterocycles. The first-order valence-corrected chi connectivity index (χ1v) is 6.76. The van der Waals surface area contributed by atoms with Crippen LogP contribution in [0.1, 0.15) is 12.0 Å². The van der Waals surface area contributed by atoms with Crippen molar-refractivity contribution in [2.24, 2.45) is 0 Å². The Balaban J connectivity index is 1.79. The Morgan fingerprint density at radius 2 is 2.06 bits per heavy atom. The average molecular weight is 248 g/mol. The highest BCUT2D eigenvalue weighted by Crippen LogP contribution is 2.12. The van der Waals surface area contributed by atoms with Crippen LogP contribution in [0.3, 0.4) is 0 Å². The standard InChI is InChI=1S/C15H24N2O/c1-16(2)9-8-15-13-17(10-11-18-15)12-14-6-4-3-5-7-14/h3-7,15H,8-13H2,1-2H3/t15-/m0/s1. The molecule has 0 bridgehead atoms. The Morgan fingerprint density at radius 1 is 1.28 bits per heavy atom. The first kappa shape index (κ1) is 13.5. The van der Waals surface area contributed by atoms with Gasteiger partial charge in [-0.05, 0) is 26.1 Å². The van der Waals surface area contributed by atoms with E-state index in [0.717, 1.165) is 39.2 Å². The molecule has 0 unspecified atom stereocenters. The highest BCUT2D eigenvalue weighted by atomic mass is 16.5. The molecule has 1 saturated heterocycles. The number of morpholine rings is 1. The van der Waals surface area contributed by atoms with Gasteiger partial charge in [-0.15, -0.1) is 0 Å². The lowest BCUT2D eigenvalue weighted by molar-refractivity contribution is -0.0370. The number of benzene rings is 1. The van der Waals surface area contributed by atoms with Crippen molar-refractivity contribution in [1.29, 1.82) is 0 Å². The summed E-state index contributed by atoms with van der Waals surface area (Å²) in [6.07, 6.45) is 1.52. The number of hydrogen-bond donors (Lipinski definition) is 0. The molecule has 18 heavy (non-hydrogen) atoms. The van der Waals surface area contributed by atoms with Gasteiger partial charge in [0.25, 0.3) is 0 Å². The fraction of sp³-hybridized carbons (Fsp3) is 0.600. The van der Waals surface area contributed by atoms with Gasteiger partial charge in [-0.2, -0.15) is 0 Å². The van der Waals surface area contributed by atoms with Crippen molar-refractivity contribution < 1.29 is 4.74 Å². The summed E-state index contributed by atoms with van der Waals surface area (Å²) in [5.74, 6) is 0. The third-order valence-electron chi connectivity index (χ3n) is 3.37. The lowest BCUT2D eigenvalue weighted by Gasteiger charge is -2.33. The van der Waals surface area contributed by atoms with Crippen LogP contribution in [0, 0.1) is 0 Å². The predicted octanol–water partition coefficient (Wildman–Crippen LogP) is 1.84. The normalized spacial score (nSPS) is 21.4. The van der Waals surface area contributed by atoms with E-state index in [1.54, 1.807) is 0 Å². The van der Waals surface area contributed by atoms with Crippen LogP contribution in [0.5, 0.6) is 0 Å². The molecule has 2 rings (SSSR count). The van der Waals surface area contributed by atoms with Gasteiger partial charge in [0.05, 0.1) is 12.7 Å². The lowest BCUT2D eigenvalue weighted by Crippen LogP contribution is -2.42.